The molecule has 1 fully saturated rings. The molecule has 0 aliphatic carbocycles. The van der Waals surface area contributed by atoms with E-state index in [-0.39, 0.29) is 5.78 Å². The molecule has 3 N–H and O–H groups in total. The summed E-state index contributed by atoms with van der Waals surface area (Å²) in [5, 5.41) is 9.19. The molecule has 1 saturated heterocycles. The fourth-order valence-electron chi connectivity index (χ4n) is 4.25. The highest BCUT2D eigenvalue weighted by atomic mass is 35.5. The Morgan fingerprint density at radius 1 is 1.17 bits per heavy atom. The van der Waals surface area contributed by atoms with Crippen LogP contribution in [0.3, 0.4) is 0 Å². The molecule has 0 amide bonds. The summed E-state index contributed by atoms with van der Waals surface area (Å²) < 4.78 is 5.34. The van der Waals surface area contributed by atoms with E-state index in [0.717, 1.165) is 60.3 Å². The Bertz CT molecular complexity index is 1310. The largest absolute Gasteiger partial charge is 0.345 e. The van der Waals surface area contributed by atoms with Crippen molar-refractivity contribution in [1.82, 2.24) is 25.1 Å². The molecular weight excluding hydrogens is 492 g/mol. The lowest BCUT2D eigenvalue weighted by atomic mass is 10.0. The number of aromatic nitrogens is 4. The first-order valence-electron chi connectivity index (χ1n) is 12.6. The molecule has 1 aliphatic heterocycles. The monoisotopic (exact) mass is 524 g/mol. The lowest BCUT2D eigenvalue weighted by Crippen LogP contribution is -2.29. The standard InChI is InChI=1S/C25H27ClN6OS.C2H6/c1-2-9-34-31-18-3-4-23(26)21(11-18)24(33)22-14-29-25-20(22)10-16(12-28-25)17-13-30-32(15-17)19-5-7-27-8-6-19;1-2/h3-4,10-15,19,27,31H,2,5-9H2,1H3,(H,28,29);1-2H3. The van der Waals surface area contributed by atoms with Crippen molar-refractivity contribution < 1.29 is 4.79 Å². The minimum Gasteiger partial charge on any atom is -0.345 e. The van der Waals surface area contributed by atoms with Crippen molar-refractivity contribution in [3.8, 4) is 11.1 Å². The number of aromatic amines is 1. The Hall–Kier alpha value is -2.81. The van der Waals surface area contributed by atoms with Gasteiger partial charge in [0, 0.05) is 57.7 Å². The number of nitrogens with one attached hydrogen (secondary N) is 3. The number of carbonyl (C=O) groups excluding carboxylic acids is 1. The summed E-state index contributed by atoms with van der Waals surface area (Å²) in [6.45, 7) is 8.15. The van der Waals surface area contributed by atoms with Gasteiger partial charge >= 0.3 is 0 Å². The van der Waals surface area contributed by atoms with Crippen LogP contribution in [0.5, 0.6) is 0 Å². The molecule has 0 unspecified atom stereocenters. The molecule has 7 nitrogen and oxygen atoms in total. The molecular formula is C27H33ClN6OS. The van der Waals surface area contributed by atoms with Crippen molar-refractivity contribution in [3.63, 3.8) is 0 Å². The molecule has 9 heteroatoms. The van der Waals surface area contributed by atoms with E-state index in [2.05, 4.69) is 42.9 Å². The van der Waals surface area contributed by atoms with E-state index < -0.39 is 0 Å². The maximum Gasteiger partial charge on any atom is 0.196 e. The molecule has 0 saturated carbocycles. The third kappa shape index (κ3) is 5.77. The molecule has 36 heavy (non-hydrogen) atoms. The van der Waals surface area contributed by atoms with Gasteiger partial charge in [0.05, 0.1) is 17.3 Å². The summed E-state index contributed by atoms with van der Waals surface area (Å²) in [4.78, 5) is 21.2. The number of rotatable bonds is 8. The van der Waals surface area contributed by atoms with Crippen molar-refractivity contribution >= 4 is 46.1 Å². The van der Waals surface area contributed by atoms with Gasteiger partial charge in [0.25, 0.3) is 0 Å². The number of piperidine rings is 1. The number of hydrogen-bond acceptors (Lipinski definition) is 6. The van der Waals surface area contributed by atoms with Gasteiger partial charge in [-0.1, -0.05) is 44.3 Å². The second-order valence-electron chi connectivity index (χ2n) is 8.49. The maximum atomic E-state index is 13.5. The number of benzene rings is 1. The number of hydrogen-bond donors (Lipinski definition) is 3. The number of anilines is 1. The summed E-state index contributed by atoms with van der Waals surface area (Å²) >= 11 is 8.04. The van der Waals surface area contributed by atoms with Crippen LogP contribution >= 0.6 is 23.5 Å². The van der Waals surface area contributed by atoms with Crippen molar-refractivity contribution in [2.75, 3.05) is 23.6 Å². The highest BCUT2D eigenvalue weighted by Gasteiger charge is 2.20. The normalized spacial score (nSPS) is 13.9. The zero-order valence-corrected chi connectivity index (χ0v) is 22.5. The van der Waals surface area contributed by atoms with Crippen molar-refractivity contribution in [2.24, 2.45) is 0 Å². The van der Waals surface area contributed by atoms with Gasteiger partial charge in [0.15, 0.2) is 5.78 Å². The van der Waals surface area contributed by atoms with E-state index >= 15 is 0 Å². The second kappa shape index (κ2) is 12.4. The van der Waals surface area contributed by atoms with Gasteiger partial charge in [0.1, 0.15) is 5.65 Å². The first kappa shape index (κ1) is 26.3. The molecule has 0 bridgehead atoms. The fraction of sp³-hybridized carbons (Fsp3) is 0.370. The van der Waals surface area contributed by atoms with Crippen LogP contribution in [0.4, 0.5) is 5.69 Å². The van der Waals surface area contributed by atoms with Crippen LogP contribution in [0.25, 0.3) is 22.2 Å². The molecule has 4 heterocycles. The van der Waals surface area contributed by atoms with Gasteiger partial charge < -0.3 is 15.0 Å². The predicted molar refractivity (Wildman–Crippen MR) is 151 cm³/mol. The molecule has 5 rings (SSSR count). The Balaban J connectivity index is 0.00000148. The van der Waals surface area contributed by atoms with Gasteiger partial charge in [-0.2, -0.15) is 5.10 Å². The zero-order chi connectivity index (χ0) is 25.5. The molecule has 1 aliphatic rings. The van der Waals surface area contributed by atoms with Gasteiger partial charge in [-0.15, -0.1) is 0 Å². The van der Waals surface area contributed by atoms with Crippen LogP contribution in [0.15, 0.2) is 49.1 Å². The van der Waals surface area contributed by atoms with E-state index in [0.29, 0.717) is 27.8 Å². The molecule has 1 aromatic carbocycles. The number of carbonyl (C=O) groups is 1. The summed E-state index contributed by atoms with van der Waals surface area (Å²) in [5.41, 5.74) is 4.46. The van der Waals surface area contributed by atoms with Gasteiger partial charge in [-0.05, 0) is 56.6 Å². The smallest absolute Gasteiger partial charge is 0.196 e. The van der Waals surface area contributed by atoms with E-state index in [1.165, 1.54) is 0 Å². The summed E-state index contributed by atoms with van der Waals surface area (Å²) in [6.07, 6.45) is 10.7. The van der Waals surface area contributed by atoms with Crippen LogP contribution in [0, 0.1) is 0 Å². The third-order valence-electron chi connectivity index (χ3n) is 6.10. The highest BCUT2D eigenvalue weighted by molar-refractivity contribution is 8.00. The summed E-state index contributed by atoms with van der Waals surface area (Å²) in [7, 11) is 0. The van der Waals surface area contributed by atoms with Gasteiger partial charge in [-0.25, -0.2) is 4.98 Å². The Labute approximate surface area is 221 Å². The Kier molecular flexibility index (Phi) is 9.07. The Morgan fingerprint density at radius 2 is 1.97 bits per heavy atom. The SMILES string of the molecule is CC.CCCSNc1ccc(Cl)c(C(=O)c2c[nH]c3ncc(-c4cnn(C5CCNCC5)c4)cc23)c1. The lowest BCUT2D eigenvalue weighted by Gasteiger charge is -2.22. The minimum atomic E-state index is -0.134. The number of halogens is 1. The zero-order valence-electron chi connectivity index (χ0n) is 21.0. The molecule has 190 valence electrons. The summed E-state index contributed by atoms with van der Waals surface area (Å²) in [6, 6.07) is 7.87. The quantitative estimate of drug-likeness (QED) is 0.134. The van der Waals surface area contributed by atoms with E-state index in [1.807, 2.05) is 44.4 Å². The first-order chi connectivity index (χ1) is 17.6. The maximum absolute atomic E-state index is 13.5. The summed E-state index contributed by atoms with van der Waals surface area (Å²) in [5.74, 6) is 0.849. The Morgan fingerprint density at radius 3 is 2.75 bits per heavy atom. The molecule has 3 aromatic heterocycles. The first-order valence-corrected chi connectivity index (χ1v) is 13.9. The average Bonchev–Trinajstić information content (AvgIpc) is 3.58. The minimum absolute atomic E-state index is 0.134. The molecule has 0 atom stereocenters. The molecule has 4 aromatic rings. The number of nitrogens with zero attached hydrogens (tertiary/aromatic N) is 3. The van der Waals surface area contributed by atoms with E-state index in [4.69, 9.17) is 11.6 Å². The molecule has 0 radical (unpaired) electrons. The van der Waals surface area contributed by atoms with Crippen molar-refractivity contribution in [1.29, 1.82) is 0 Å². The average molecular weight is 525 g/mol. The van der Waals surface area contributed by atoms with Crippen LogP contribution in [0.2, 0.25) is 5.02 Å². The van der Waals surface area contributed by atoms with Crippen LogP contribution in [-0.2, 0) is 0 Å². The number of fused-ring (bicyclic) bond motifs is 1. The third-order valence-corrected chi connectivity index (χ3v) is 7.42. The number of ketones is 1. The van der Waals surface area contributed by atoms with E-state index in [9.17, 15) is 4.79 Å². The van der Waals surface area contributed by atoms with Crippen LogP contribution in [-0.4, -0.2) is 44.4 Å². The fourth-order valence-corrected chi connectivity index (χ4v) is 5.05. The second-order valence-corrected chi connectivity index (χ2v) is 9.80. The predicted octanol–water partition coefficient (Wildman–Crippen LogP) is 6.73. The number of pyridine rings is 1. The lowest BCUT2D eigenvalue weighted by molar-refractivity contribution is 0.104. The van der Waals surface area contributed by atoms with Gasteiger partial charge in [0.2, 0.25) is 0 Å². The van der Waals surface area contributed by atoms with Crippen molar-refractivity contribution in [2.45, 2.75) is 46.1 Å². The van der Waals surface area contributed by atoms with Crippen LogP contribution < -0.4 is 10.0 Å². The highest BCUT2D eigenvalue weighted by Crippen LogP contribution is 2.30. The topological polar surface area (TPSA) is 87.6 Å². The molecule has 0 spiro atoms. The van der Waals surface area contributed by atoms with E-state index in [1.54, 1.807) is 24.2 Å². The van der Waals surface area contributed by atoms with Crippen molar-refractivity contribution in [3.05, 3.63) is 65.2 Å². The number of H-pyrrole nitrogens is 1. The van der Waals surface area contributed by atoms with Crippen LogP contribution in [0.1, 0.15) is 62.0 Å². The van der Waals surface area contributed by atoms with Gasteiger partial charge in [-0.3, -0.25) is 9.48 Å².